The van der Waals surface area contributed by atoms with E-state index in [0.29, 0.717) is 16.5 Å². The van der Waals surface area contributed by atoms with Crippen LogP contribution in [0.25, 0.3) is 22.6 Å². The van der Waals surface area contributed by atoms with Crippen molar-refractivity contribution >= 4 is 51.4 Å². The van der Waals surface area contributed by atoms with Crippen LogP contribution in [0.15, 0.2) is 53.4 Å². The van der Waals surface area contributed by atoms with Gasteiger partial charge >= 0.3 is 6.03 Å². The molecule has 0 bridgehead atoms. The summed E-state index contributed by atoms with van der Waals surface area (Å²) in [6.45, 7) is 0. The number of fused-ring (bicyclic) bond motifs is 1. The molecule has 4 rings (SSSR count). The Balaban J connectivity index is 1.55. The first kappa shape index (κ1) is 16.6. The van der Waals surface area contributed by atoms with Gasteiger partial charge in [-0.15, -0.1) is 11.3 Å². The van der Waals surface area contributed by atoms with Crippen LogP contribution in [0.5, 0.6) is 0 Å². The van der Waals surface area contributed by atoms with Crippen LogP contribution in [0.1, 0.15) is 0 Å². The molecule has 0 saturated carbocycles. The molecule has 0 radical (unpaired) electrons. The number of aromatic amines is 1. The Bertz CT molecular complexity index is 1060. The molecule has 4 aromatic rings. The first-order valence-electron chi connectivity index (χ1n) is 7.79. The van der Waals surface area contributed by atoms with Crippen LogP contribution < -0.4 is 10.2 Å². The van der Waals surface area contributed by atoms with Gasteiger partial charge in [0.15, 0.2) is 5.82 Å². The molecule has 0 spiro atoms. The number of nitrogens with zero attached hydrogens (tertiary/aromatic N) is 3. The van der Waals surface area contributed by atoms with Gasteiger partial charge in [0.05, 0.1) is 16.5 Å². The molecular weight excluding hydrogens is 370 g/mol. The molecule has 0 aliphatic rings. The van der Waals surface area contributed by atoms with Crippen LogP contribution in [0.3, 0.4) is 0 Å². The van der Waals surface area contributed by atoms with Crippen molar-refractivity contribution in [2.75, 3.05) is 17.3 Å². The Labute approximate surface area is 158 Å². The number of anilines is 2. The molecule has 130 valence electrons. The van der Waals surface area contributed by atoms with Gasteiger partial charge in [0.25, 0.3) is 0 Å². The standard InChI is InChI=1S/C18H14ClN5OS/c1-24(13-5-2-11(19)3-6-13)18(25)21-12-4-7-14-15(8-12)23-17(22-14)16-9-26-10-20-16/h2-10H,1H3,(H,21,25)(H,22,23). The maximum absolute atomic E-state index is 12.5. The molecule has 0 atom stereocenters. The molecule has 0 aliphatic heterocycles. The fourth-order valence-electron chi connectivity index (χ4n) is 2.52. The predicted molar refractivity (Wildman–Crippen MR) is 106 cm³/mol. The fraction of sp³-hybridized carbons (Fsp3) is 0.0556. The highest BCUT2D eigenvalue weighted by Gasteiger charge is 2.12. The lowest BCUT2D eigenvalue weighted by Crippen LogP contribution is -2.31. The lowest BCUT2D eigenvalue weighted by molar-refractivity contribution is 0.258. The molecule has 6 nitrogen and oxygen atoms in total. The number of carbonyl (C=O) groups excluding carboxylic acids is 1. The van der Waals surface area contributed by atoms with Gasteiger partial charge in [-0.25, -0.2) is 14.8 Å². The number of aromatic nitrogens is 3. The second-order valence-electron chi connectivity index (χ2n) is 5.66. The second-order valence-corrected chi connectivity index (χ2v) is 6.81. The summed E-state index contributed by atoms with van der Waals surface area (Å²) in [6.07, 6.45) is 0. The number of nitrogens with one attached hydrogen (secondary N) is 2. The molecule has 0 unspecified atom stereocenters. The average Bonchev–Trinajstić information content (AvgIpc) is 3.30. The second kappa shape index (κ2) is 6.78. The summed E-state index contributed by atoms with van der Waals surface area (Å²) in [5.41, 5.74) is 5.63. The number of hydrogen-bond donors (Lipinski definition) is 2. The maximum atomic E-state index is 12.5. The number of hydrogen-bond acceptors (Lipinski definition) is 4. The number of amides is 2. The van der Waals surface area contributed by atoms with E-state index < -0.39 is 0 Å². The highest BCUT2D eigenvalue weighted by Crippen LogP contribution is 2.23. The van der Waals surface area contributed by atoms with E-state index in [1.165, 1.54) is 16.2 Å². The minimum Gasteiger partial charge on any atom is -0.337 e. The van der Waals surface area contributed by atoms with Crippen molar-refractivity contribution in [1.82, 2.24) is 15.0 Å². The Morgan fingerprint density at radius 3 is 2.77 bits per heavy atom. The van der Waals surface area contributed by atoms with Gasteiger partial charge in [0, 0.05) is 28.8 Å². The third-order valence-electron chi connectivity index (χ3n) is 3.93. The highest BCUT2D eigenvalue weighted by atomic mass is 35.5. The molecule has 0 fully saturated rings. The lowest BCUT2D eigenvalue weighted by atomic mass is 10.2. The number of urea groups is 1. The zero-order valence-corrected chi connectivity index (χ0v) is 15.3. The van der Waals surface area contributed by atoms with Crippen molar-refractivity contribution in [1.29, 1.82) is 0 Å². The predicted octanol–water partition coefficient (Wildman–Crippen LogP) is 5.01. The summed E-state index contributed by atoms with van der Waals surface area (Å²) in [7, 11) is 1.70. The minimum absolute atomic E-state index is 0.248. The minimum atomic E-state index is -0.248. The Morgan fingerprint density at radius 2 is 2.04 bits per heavy atom. The van der Waals surface area contributed by atoms with Crippen LogP contribution in [0, 0.1) is 0 Å². The van der Waals surface area contributed by atoms with Crippen molar-refractivity contribution in [3.05, 3.63) is 58.4 Å². The van der Waals surface area contributed by atoms with Gasteiger partial charge in [0.2, 0.25) is 0 Å². The van der Waals surface area contributed by atoms with Crippen molar-refractivity contribution in [2.24, 2.45) is 0 Å². The lowest BCUT2D eigenvalue weighted by Gasteiger charge is -2.18. The number of rotatable bonds is 3. The molecule has 0 saturated heterocycles. The van der Waals surface area contributed by atoms with Gasteiger partial charge in [-0.3, -0.25) is 4.90 Å². The van der Waals surface area contributed by atoms with E-state index in [0.717, 1.165) is 22.4 Å². The van der Waals surface area contributed by atoms with Crippen molar-refractivity contribution in [3.63, 3.8) is 0 Å². The molecular formula is C18H14ClN5OS. The zero-order chi connectivity index (χ0) is 18.1. The van der Waals surface area contributed by atoms with Crippen LogP contribution in [0.2, 0.25) is 5.02 Å². The van der Waals surface area contributed by atoms with Gasteiger partial charge in [-0.05, 0) is 42.5 Å². The summed E-state index contributed by atoms with van der Waals surface area (Å²) < 4.78 is 0. The van der Waals surface area contributed by atoms with E-state index >= 15 is 0 Å². The first-order valence-corrected chi connectivity index (χ1v) is 9.11. The molecule has 2 N–H and O–H groups in total. The van der Waals surface area contributed by atoms with E-state index in [4.69, 9.17) is 11.6 Å². The normalized spacial score (nSPS) is 10.8. The largest absolute Gasteiger partial charge is 0.337 e. The quantitative estimate of drug-likeness (QED) is 0.522. The Kier molecular flexibility index (Phi) is 4.32. The van der Waals surface area contributed by atoms with Gasteiger partial charge in [-0.1, -0.05) is 11.6 Å². The number of thiazole rings is 1. The van der Waals surface area contributed by atoms with Crippen LogP contribution >= 0.6 is 22.9 Å². The van der Waals surface area contributed by atoms with E-state index in [9.17, 15) is 4.79 Å². The topological polar surface area (TPSA) is 73.9 Å². The third kappa shape index (κ3) is 3.26. The Hall–Kier alpha value is -2.90. The van der Waals surface area contributed by atoms with Gasteiger partial charge in [-0.2, -0.15) is 0 Å². The summed E-state index contributed by atoms with van der Waals surface area (Å²) in [5, 5.41) is 5.44. The summed E-state index contributed by atoms with van der Waals surface area (Å²) in [4.78, 5) is 26.0. The number of halogens is 1. The molecule has 2 amide bonds. The van der Waals surface area contributed by atoms with E-state index in [1.807, 2.05) is 23.6 Å². The van der Waals surface area contributed by atoms with Crippen molar-refractivity contribution < 1.29 is 4.79 Å². The monoisotopic (exact) mass is 383 g/mol. The van der Waals surface area contributed by atoms with Gasteiger partial charge in [0.1, 0.15) is 5.69 Å². The third-order valence-corrected chi connectivity index (χ3v) is 4.77. The molecule has 2 heterocycles. The molecule has 0 aliphatic carbocycles. The molecule has 2 aromatic carbocycles. The zero-order valence-electron chi connectivity index (χ0n) is 13.7. The highest BCUT2D eigenvalue weighted by molar-refractivity contribution is 7.07. The summed E-state index contributed by atoms with van der Waals surface area (Å²) in [5.74, 6) is 0.711. The first-order chi connectivity index (χ1) is 12.6. The molecule has 2 aromatic heterocycles. The molecule has 8 heteroatoms. The van der Waals surface area contributed by atoms with Crippen LogP contribution in [-0.2, 0) is 0 Å². The smallest absolute Gasteiger partial charge is 0.326 e. The van der Waals surface area contributed by atoms with Crippen molar-refractivity contribution in [2.45, 2.75) is 0 Å². The van der Waals surface area contributed by atoms with Crippen LogP contribution in [0.4, 0.5) is 16.2 Å². The number of benzene rings is 2. The average molecular weight is 384 g/mol. The van der Waals surface area contributed by atoms with E-state index in [1.54, 1.807) is 36.8 Å². The van der Waals surface area contributed by atoms with E-state index in [2.05, 4.69) is 20.3 Å². The SMILES string of the molecule is CN(C(=O)Nc1ccc2[nH]c(-c3cscn3)nc2c1)c1ccc(Cl)cc1. The number of H-pyrrole nitrogens is 1. The number of imidazole rings is 1. The van der Waals surface area contributed by atoms with Gasteiger partial charge < -0.3 is 10.3 Å². The van der Waals surface area contributed by atoms with E-state index in [-0.39, 0.29) is 6.03 Å². The fourth-order valence-corrected chi connectivity index (χ4v) is 3.19. The van der Waals surface area contributed by atoms with Crippen LogP contribution in [-0.4, -0.2) is 28.0 Å². The molecule has 26 heavy (non-hydrogen) atoms. The Morgan fingerprint density at radius 1 is 1.23 bits per heavy atom. The maximum Gasteiger partial charge on any atom is 0.326 e. The van der Waals surface area contributed by atoms with Crippen molar-refractivity contribution in [3.8, 4) is 11.5 Å². The summed E-state index contributed by atoms with van der Waals surface area (Å²) in [6, 6.07) is 12.4. The number of carbonyl (C=O) groups is 1. The summed E-state index contributed by atoms with van der Waals surface area (Å²) >= 11 is 7.40.